The maximum absolute atomic E-state index is 12.4. The van der Waals surface area contributed by atoms with Crippen molar-refractivity contribution in [3.8, 4) is 0 Å². The third kappa shape index (κ3) is 5.56. The number of aliphatic carboxylic acids is 1. The molecular weight excluding hydrogens is 342 g/mol. The maximum Gasteiger partial charge on any atom is 0.303 e. The van der Waals surface area contributed by atoms with Gasteiger partial charge in [0.05, 0.1) is 4.90 Å². The van der Waals surface area contributed by atoms with Crippen molar-refractivity contribution in [1.82, 2.24) is 4.72 Å². The number of nitrogens with one attached hydrogen (secondary N) is 1. The van der Waals surface area contributed by atoms with Crippen LogP contribution in [0.5, 0.6) is 0 Å². The van der Waals surface area contributed by atoms with E-state index in [2.05, 4.69) is 4.72 Å². The van der Waals surface area contributed by atoms with Crippen molar-refractivity contribution in [3.63, 3.8) is 0 Å². The second kappa shape index (κ2) is 7.99. The number of carboxylic acid groups (broad SMARTS) is 1. The van der Waals surface area contributed by atoms with Crippen LogP contribution in [0.15, 0.2) is 29.2 Å². The topological polar surface area (TPSA) is 101 Å². The summed E-state index contributed by atoms with van der Waals surface area (Å²) in [6.45, 7) is 1.86. The summed E-state index contributed by atoms with van der Waals surface area (Å²) in [5.74, 6) is -1.36. The van der Waals surface area contributed by atoms with E-state index < -0.39 is 21.9 Å². The Labute approximate surface area is 148 Å². The van der Waals surface area contributed by atoms with Gasteiger partial charge in [-0.25, -0.2) is 13.1 Å². The van der Waals surface area contributed by atoms with Crippen LogP contribution in [0, 0.1) is 12.3 Å². The van der Waals surface area contributed by atoms with Crippen LogP contribution in [0.25, 0.3) is 0 Å². The molecule has 1 aromatic rings. The average molecular weight is 367 g/mol. The van der Waals surface area contributed by atoms with E-state index in [0.29, 0.717) is 12.8 Å². The zero-order chi connectivity index (χ0) is 18.5. The van der Waals surface area contributed by atoms with Crippen LogP contribution >= 0.6 is 0 Å². The summed E-state index contributed by atoms with van der Waals surface area (Å²) in [4.78, 5) is 23.1. The summed E-state index contributed by atoms with van der Waals surface area (Å²) in [7, 11) is -3.87. The molecule has 1 saturated carbocycles. The van der Waals surface area contributed by atoms with Gasteiger partial charge < -0.3 is 5.11 Å². The van der Waals surface area contributed by atoms with Crippen LogP contribution in [-0.2, 0) is 19.6 Å². The Hall–Kier alpha value is -1.89. The van der Waals surface area contributed by atoms with Gasteiger partial charge in [0.2, 0.25) is 5.91 Å². The van der Waals surface area contributed by atoms with Gasteiger partial charge in [-0.15, -0.1) is 0 Å². The lowest BCUT2D eigenvalue weighted by atomic mass is 9.78. The molecule has 138 valence electrons. The van der Waals surface area contributed by atoms with E-state index in [1.54, 1.807) is 12.1 Å². The normalized spacial score (nSPS) is 16.5. The second-order valence-electron chi connectivity index (χ2n) is 6.97. The molecule has 7 heteroatoms. The van der Waals surface area contributed by atoms with Gasteiger partial charge >= 0.3 is 5.97 Å². The number of sulfonamides is 1. The lowest BCUT2D eigenvalue weighted by Gasteiger charge is -2.28. The Morgan fingerprint density at radius 2 is 1.76 bits per heavy atom. The summed E-state index contributed by atoms with van der Waals surface area (Å²) in [5.41, 5.74) is 0.663. The largest absolute Gasteiger partial charge is 0.481 e. The molecule has 0 heterocycles. The van der Waals surface area contributed by atoms with Crippen LogP contribution in [-0.4, -0.2) is 25.4 Å². The second-order valence-corrected chi connectivity index (χ2v) is 8.66. The quantitative estimate of drug-likeness (QED) is 0.735. The van der Waals surface area contributed by atoms with Crippen LogP contribution in [0.1, 0.15) is 56.9 Å². The highest BCUT2D eigenvalue weighted by molar-refractivity contribution is 7.90. The standard InChI is InChI=1S/C18H25NO5S/c1-14-6-8-15(9-7-14)25(23,24)19-16(20)13-18(10-2-3-11-18)12-4-5-17(21)22/h6-9H,2-5,10-13H2,1H3,(H,19,20)(H,21,22). The van der Waals surface area contributed by atoms with Crippen LogP contribution in [0.4, 0.5) is 0 Å². The van der Waals surface area contributed by atoms with Gasteiger partial charge in [-0.2, -0.15) is 0 Å². The van der Waals surface area contributed by atoms with Crippen molar-refractivity contribution in [2.75, 3.05) is 0 Å². The molecule has 25 heavy (non-hydrogen) atoms. The van der Waals surface area contributed by atoms with Gasteiger partial charge in [0.15, 0.2) is 0 Å². The number of aryl methyl sites for hydroxylation is 1. The van der Waals surface area contributed by atoms with E-state index in [1.807, 2.05) is 6.92 Å². The molecule has 0 saturated heterocycles. The van der Waals surface area contributed by atoms with E-state index in [4.69, 9.17) is 5.11 Å². The van der Waals surface area contributed by atoms with Gasteiger partial charge in [-0.05, 0) is 50.2 Å². The molecule has 1 fully saturated rings. The van der Waals surface area contributed by atoms with Crippen molar-refractivity contribution >= 4 is 21.9 Å². The zero-order valence-electron chi connectivity index (χ0n) is 14.5. The molecule has 0 aromatic heterocycles. The van der Waals surface area contributed by atoms with E-state index >= 15 is 0 Å². The first-order chi connectivity index (χ1) is 11.7. The number of carbonyl (C=O) groups is 2. The number of amides is 1. The minimum absolute atomic E-state index is 0.0674. The van der Waals surface area contributed by atoms with Gasteiger partial charge in [0.1, 0.15) is 0 Å². The molecule has 1 aliphatic carbocycles. The minimum atomic E-state index is -3.87. The van der Waals surface area contributed by atoms with Crippen molar-refractivity contribution < 1.29 is 23.1 Å². The molecule has 1 aliphatic rings. The maximum atomic E-state index is 12.4. The minimum Gasteiger partial charge on any atom is -0.481 e. The van der Waals surface area contributed by atoms with Crippen molar-refractivity contribution in [2.24, 2.45) is 5.41 Å². The number of carbonyl (C=O) groups excluding carboxylic acids is 1. The van der Waals surface area contributed by atoms with E-state index in [0.717, 1.165) is 31.2 Å². The van der Waals surface area contributed by atoms with Gasteiger partial charge in [0, 0.05) is 12.8 Å². The number of rotatable bonds is 8. The Balaban J connectivity index is 2.01. The van der Waals surface area contributed by atoms with Crippen LogP contribution in [0.2, 0.25) is 0 Å². The summed E-state index contributed by atoms with van der Waals surface area (Å²) in [5, 5.41) is 8.79. The van der Waals surface area contributed by atoms with Gasteiger partial charge in [-0.3, -0.25) is 9.59 Å². The molecule has 1 amide bonds. The van der Waals surface area contributed by atoms with Gasteiger partial charge in [0.25, 0.3) is 10.0 Å². The molecule has 0 spiro atoms. The number of hydrogen-bond donors (Lipinski definition) is 2. The third-order valence-electron chi connectivity index (χ3n) is 4.88. The molecule has 6 nitrogen and oxygen atoms in total. The van der Waals surface area contributed by atoms with Crippen molar-refractivity contribution in [1.29, 1.82) is 0 Å². The first kappa shape index (κ1) is 19.4. The van der Waals surface area contributed by atoms with E-state index in [9.17, 15) is 18.0 Å². The molecular formula is C18H25NO5S. The third-order valence-corrected chi connectivity index (χ3v) is 6.27. The molecule has 0 bridgehead atoms. The monoisotopic (exact) mass is 367 g/mol. The predicted octanol–water partition coefficient (Wildman–Crippen LogP) is 3.01. The predicted molar refractivity (Wildman–Crippen MR) is 93.5 cm³/mol. The van der Waals surface area contributed by atoms with Crippen LogP contribution in [0.3, 0.4) is 0 Å². The first-order valence-electron chi connectivity index (χ1n) is 8.57. The number of benzene rings is 1. The first-order valence-corrected chi connectivity index (χ1v) is 10.0. The van der Waals surface area contributed by atoms with E-state index in [-0.39, 0.29) is 23.2 Å². The molecule has 1 aromatic carbocycles. The summed E-state index contributed by atoms with van der Waals surface area (Å²) < 4.78 is 26.8. The Kier molecular flexibility index (Phi) is 6.21. The summed E-state index contributed by atoms with van der Waals surface area (Å²) in [6, 6.07) is 6.32. The fraction of sp³-hybridized carbons (Fsp3) is 0.556. The lowest BCUT2D eigenvalue weighted by molar-refractivity contribution is -0.137. The van der Waals surface area contributed by atoms with Crippen molar-refractivity contribution in [3.05, 3.63) is 29.8 Å². The smallest absolute Gasteiger partial charge is 0.303 e. The van der Waals surface area contributed by atoms with Crippen LogP contribution < -0.4 is 4.72 Å². The zero-order valence-corrected chi connectivity index (χ0v) is 15.3. The number of carboxylic acids is 1. The fourth-order valence-electron chi connectivity index (χ4n) is 3.56. The summed E-state index contributed by atoms with van der Waals surface area (Å²) >= 11 is 0. The molecule has 0 radical (unpaired) electrons. The highest BCUT2D eigenvalue weighted by atomic mass is 32.2. The van der Waals surface area contributed by atoms with E-state index in [1.165, 1.54) is 12.1 Å². The molecule has 0 atom stereocenters. The highest BCUT2D eigenvalue weighted by Gasteiger charge is 2.36. The fourth-order valence-corrected chi connectivity index (χ4v) is 4.54. The lowest BCUT2D eigenvalue weighted by Crippen LogP contribution is -2.34. The molecule has 0 unspecified atom stereocenters. The molecule has 0 aliphatic heterocycles. The molecule has 2 rings (SSSR count). The van der Waals surface area contributed by atoms with Crippen molar-refractivity contribution in [2.45, 2.75) is 63.2 Å². The SMILES string of the molecule is Cc1ccc(S(=O)(=O)NC(=O)CC2(CCCC(=O)O)CCCC2)cc1. The number of hydrogen-bond acceptors (Lipinski definition) is 4. The highest BCUT2D eigenvalue weighted by Crippen LogP contribution is 2.45. The Morgan fingerprint density at radius 1 is 1.16 bits per heavy atom. The average Bonchev–Trinajstić information content (AvgIpc) is 2.95. The summed E-state index contributed by atoms with van der Waals surface area (Å²) in [6.07, 6.45) is 5.00. The Bertz CT molecular complexity index is 718. The van der Waals surface area contributed by atoms with Gasteiger partial charge in [-0.1, -0.05) is 30.5 Å². The molecule has 2 N–H and O–H groups in total. The Morgan fingerprint density at radius 3 is 2.32 bits per heavy atom.